The fraction of sp³-hybridized carbons (Fsp3) is 0.619. The molecule has 0 heterocycles. The fourth-order valence-electron chi connectivity index (χ4n) is 2.83. The van der Waals surface area contributed by atoms with Gasteiger partial charge in [0.25, 0.3) is 11.0 Å². The number of benzene rings is 1. The summed E-state index contributed by atoms with van der Waals surface area (Å²) >= 11 is 0. The number of hydrogen-bond donors (Lipinski definition) is 2. The lowest BCUT2D eigenvalue weighted by Crippen LogP contribution is -1.88. The first-order valence-electron chi connectivity index (χ1n) is 9.62. The van der Waals surface area contributed by atoms with E-state index < -0.39 is 11.0 Å². The van der Waals surface area contributed by atoms with E-state index in [2.05, 4.69) is 37.8 Å². The molecule has 0 radical (unpaired) electrons. The van der Waals surface area contributed by atoms with Gasteiger partial charge < -0.3 is 0 Å². The molecule has 0 aliphatic carbocycles. The van der Waals surface area contributed by atoms with Crippen LogP contribution in [-0.4, -0.2) is 13.0 Å². The van der Waals surface area contributed by atoms with Crippen molar-refractivity contribution in [1.82, 2.24) is 0 Å². The standard InChI is InChI=1S/C21H34.H2O3S/c1-3-5-6-7-8-9-10-11-12-13-15-21-18-16-20(14-4-2)17-19-21;1-4(2)3/h4,16-19H,2-3,5-15H2,1H3;4H,(H,1,2,3). The van der Waals surface area contributed by atoms with Crippen LogP contribution in [0, 0.1) is 0 Å². The number of thiol groups is 1. The summed E-state index contributed by atoms with van der Waals surface area (Å²) in [6.07, 6.45) is 18.3. The van der Waals surface area contributed by atoms with Crippen molar-refractivity contribution in [2.45, 2.75) is 84.0 Å². The molecule has 3 nitrogen and oxygen atoms in total. The lowest BCUT2D eigenvalue weighted by atomic mass is 10.0. The molecule has 0 aliphatic heterocycles. The first kappa shape index (κ1) is 23.9. The number of allylic oxidation sites excluding steroid dienone is 1. The molecular weight excluding hydrogens is 332 g/mol. The summed E-state index contributed by atoms with van der Waals surface area (Å²) in [7, 11) is -3.12. The molecule has 0 amide bonds. The van der Waals surface area contributed by atoms with Crippen LogP contribution in [0.4, 0.5) is 0 Å². The molecule has 0 aromatic heterocycles. The molecule has 0 aliphatic rings. The Morgan fingerprint density at radius 2 is 1.24 bits per heavy atom. The van der Waals surface area contributed by atoms with Gasteiger partial charge in [-0.3, -0.25) is 4.55 Å². The largest absolute Gasteiger partial charge is 0.288 e. The highest BCUT2D eigenvalue weighted by Gasteiger charge is 1.96. The van der Waals surface area contributed by atoms with Crippen LogP contribution in [0.25, 0.3) is 0 Å². The molecule has 1 aromatic carbocycles. The van der Waals surface area contributed by atoms with Crippen LogP contribution in [0.15, 0.2) is 36.9 Å². The Kier molecular flexibility index (Phi) is 16.9. The van der Waals surface area contributed by atoms with E-state index in [1.807, 2.05) is 6.08 Å². The topological polar surface area (TPSA) is 54.4 Å². The molecule has 0 fully saturated rings. The number of hydrogen-bond acceptors (Lipinski definition) is 2. The van der Waals surface area contributed by atoms with Gasteiger partial charge >= 0.3 is 0 Å². The third-order valence-electron chi connectivity index (χ3n) is 4.22. The van der Waals surface area contributed by atoms with Crippen molar-refractivity contribution in [2.24, 2.45) is 0 Å². The summed E-state index contributed by atoms with van der Waals surface area (Å²) in [6, 6.07) is 9.06. The molecule has 0 spiro atoms. The smallest absolute Gasteiger partial charge is 0.254 e. The van der Waals surface area contributed by atoms with Gasteiger partial charge in [0.2, 0.25) is 0 Å². The summed E-state index contributed by atoms with van der Waals surface area (Å²) in [6.45, 7) is 6.07. The van der Waals surface area contributed by atoms with Gasteiger partial charge in [0.15, 0.2) is 0 Å². The first-order valence-corrected chi connectivity index (χ1v) is 10.7. The minimum absolute atomic E-state index is 0.985. The SMILES string of the molecule is C=CCc1ccc(CCCCCCCCCCCC)cc1.O=[SH](=O)O. The maximum absolute atomic E-state index is 8.59. The Hall–Kier alpha value is -1.13. The van der Waals surface area contributed by atoms with Gasteiger partial charge in [-0.1, -0.05) is 95.1 Å². The Bertz CT molecular complexity index is 484. The molecule has 0 bridgehead atoms. The molecular formula is C21H36O3S. The zero-order valence-electron chi connectivity index (χ0n) is 15.8. The van der Waals surface area contributed by atoms with Gasteiger partial charge in [-0.2, -0.15) is 0 Å². The second-order valence-corrected chi connectivity index (χ2v) is 6.95. The van der Waals surface area contributed by atoms with E-state index in [4.69, 9.17) is 13.0 Å². The molecule has 25 heavy (non-hydrogen) atoms. The Balaban J connectivity index is 0.00000129. The van der Waals surface area contributed by atoms with Crippen molar-refractivity contribution < 1.29 is 13.0 Å². The normalized spacial score (nSPS) is 10.4. The van der Waals surface area contributed by atoms with Crippen LogP contribution in [0.1, 0.15) is 82.3 Å². The van der Waals surface area contributed by atoms with Crippen molar-refractivity contribution in [3.63, 3.8) is 0 Å². The van der Waals surface area contributed by atoms with Crippen LogP contribution in [0.3, 0.4) is 0 Å². The molecule has 0 saturated carbocycles. The monoisotopic (exact) mass is 368 g/mol. The Labute approximate surface area is 156 Å². The highest BCUT2D eigenvalue weighted by atomic mass is 32.2. The minimum Gasteiger partial charge on any atom is -0.288 e. The van der Waals surface area contributed by atoms with E-state index in [-0.39, 0.29) is 0 Å². The highest BCUT2D eigenvalue weighted by molar-refractivity contribution is 7.66. The van der Waals surface area contributed by atoms with Gasteiger partial charge in [-0.05, 0) is 30.4 Å². The van der Waals surface area contributed by atoms with Crippen molar-refractivity contribution in [2.75, 3.05) is 0 Å². The van der Waals surface area contributed by atoms with Crippen LogP contribution in [0.2, 0.25) is 0 Å². The van der Waals surface area contributed by atoms with Crippen LogP contribution >= 0.6 is 0 Å². The molecule has 1 rings (SSSR count). The van der Waals surface area contributed by atoms with Gasteiger partial charge in [-0.25, -0.2) is 8.42 Å². The molecule has 1 aromatic rings. The van der Waals surface area contributed by atoms with E-state index in [9.17, 15) is 0 Å². The van der Waals surface area contributed by atoms with Gasteiger partial charge in [0.1, 0.15) is 0 Å². The lowest BCUT2D eigenvalue weighted by molar-refractivity contribution is 0.509. The maximum atomic E-state index is 8.59. The van der Waals surface area contributed by atoms with E-state index >= 15 is 0 Å². The number of unbranched alkanes of at least 4 members (excludes halogenated alkanes) is 9. The second-order valence-electron chi connectivity index (χ2n) is 6.48. The summed E-state index contributed by atoms with van der Waals surface area (Å²) in [5.41, 5.74) is 2.86. The van der Waals surface area contributed by atoms with Crippen LogP contribution in [-0.2, 0) is 23.8 Å². The van der Waals surface area contributed by atoms with Crippen LogP contribution < -0.4 is 0 Å². The quantitative estimate of drug-likeness (QED) is 0.196. The highest BCUT2D eigenvalue weighted by Crippen LogP contribution is 2.13. The average Bonchev–Trinajstić information content (AvgIpc) is 2.58. The third-order valence-corrected chi connectivity index (χ3v) is 4.22. The second kappa shape index (κ2) is 17.7. The summed E-state index contributed by atoms with van der Waals surface area (Å²) in [5, 5.41) is 0. The first-order chi connectivity index (χ1) is 12.1. The molecule has 0 atom stereocenters. The summed E-state index contributed by atoms with van der Waals surface area (Å²) in [4.78, 5) is 0. The molecule has 0 saturated heterocycles. The van der Waals surface area contributed by atoms with Crippen molar-refractivity contribution in [1.29, 1.82) is 0 Å². The number of aryl methyl sites for hydroxylation is 1. The lowest BCUT2D eigenvalue weighted by Gasteiger charge is -2.04. The maximum Gasteiger partial charge on any atom is 0.254 e. The predicted molar refractivity (Wildman–Crippen MR) is 109 cm³/mol. The summed E-state index contributed by atoms with van der Waals surface area (Å²) < 4.78 is 24.2. The Morgan fingerprint density at radius 3 is 1.68 bits per heavy atom. The van der Waals surface area contributed by atoms with E-state index in [1.54, 1.807) is 0 Å². The molecule has 0 unspecified atom stereocenters. The van der Waals surface area contributed by atoms with E-state index in [1.165, 1.54) is 81.8 Å². The predicted octanol–water partition coefficient (Wildman–Crippen LogP) is 5.95. The Morgan fingerprint density at radius 1 is 0.840 bits per heavy atom. The third kappa shape index (κ3) is 17.5. The van der Waals surface area contributed by atoms with Gasteiger partial charge in [0, 0.05) is 0 Å². The van der Waals surface area contributed by atoms with E-state index in [0.29, 0.717) is 0 Å². The zero-order valence-corrected chi connectivity index (χ0v) is 16.7. The minimum atomic E-state index is -3.12. The van der Waals surface area contributed by atoms with Gasteiger partial charge in [0.05, 0.1) is 0 Å². The van der Waals surface area contributed by atoms with Crippen molar-refractivity contribution in [3.8, 4) is 0 Å². The van der Waals surface area contributed by atoms with Crippen LogP contribution in [0.5, 0.6) is 0 Å². The molecule has 144 valence electrons. The van der Waals surface area contributed by atoms with E-state index in [0.717, 1.165) is 6.42 Å². The number of rotatable bonds is 13. The van der Waals surface area contributed by atoms with Crippen molar-refractivity contribution in [3.05, 3.63) is 48.0 Å². The average molecular weight is 369 g/mol. The molecule has 4 heteroatoms. The fourth-order valence-corrected chi connectivity index (χ4v) is 2.83. The summed E-state index contributed by atoms with van der Waals surface area (Å²) in [5.74, 6) is 0. The van der Waals surface area contributed by atoms with Gasteiger partial charge in [-0.15, -0.1) is 6.58 Å². The van der Waals surface area contributed by atoms with Crippen molar-refractivity contribution >= 4 is 11.0 Å². The molecule has 1 N–H and O–H groups in total. The zero-order chi connectivity index (χ0) is 18.8.